The number of aliphatic hydroxyl groups excluding tert-OH is 1. The fourth-order valence-corrected chi connectivity index (χ4v) is 3.10. The summed E-state index contributed by atoms with van der Waals surface area (Å²) in [5.74, 6) is 0.702. The number of aryl methyl sites for hydroxylation is 1. The highest BCUT2D eigenvalue weighted by Gasteiger charge is 2.19. The molecule has 1 fully saturated rings. The van der Waals surface area contributed by atoms with E-state index in [4.69, 9.17) is 0 Å². The molecule has 100 valence electrons. The number of aliphatic hydroxyl groups is 1. The van der Waals surface area contributed by atoms with Crippen molar-refractivity contribution in [2.45, 2.75) is 44.6 Å². The van der Waals surface area contributed by atoms with Crippen molar-refractivity contribution < 1.29 is 9.90 Å². The molecular weight excluding hydrogens is 246 g/mol. The van der Waals surface area contributed by atoms with Gasteiger partial charge in [0.05, 0.1) is 6.10 Å². The Labute approximate surface area is 112 Å². The number of hydrogen-bond donors (Lipinski definition) is 2. The van der Waals surface area contributed by atoms with E-state index in [1.165, 1.54) is 4.88 Å². The van der Waals surface area contributed by atoms with Crippen LogP contribution >= 0.6 is 11.3 Å². The quantitative estimate of drug-likeness (QED) is 0.860. The van der Waals surface area contributed by atoms with Crippen molar-refractivity contribution in [2.75, 3.05) is 6.54 Å². The van der Waals surface area contributed by atoms with Gasteiger partial charge in [-0.25, -0.2) is 0 Å². The van der Waals surface area contributed by atoms with Gasteiger partial charge in [-0.1, -0.05) is 6.07 Å². The molecule has 0 radical (unpaired) electrons. The van der Waals surface area contributed by atoms with E-state index in [0.717, 1.165) is 38.6 Å². The van der Waals surface area contributed by atoms with Gasteiger partial charge < -0.3 is 10.4 Å². The van der Waals surface area contributed by atoms with Crippen LogP contribution in [0, 0.1) is 5.92 Å². The first-order chi connectivity index (χ1) is 8.74. The van der Waals surface area contributed by atoms with E-state index in [1.807, 2.05) is 11.4 Å². The average molecular weight is 267 g/mol. The lowest BCUT2D eigenvalue weighted by atomic mass is 9.87. The Bertz CT molecular complexity index is 356. The second-order valence-corrected chi connectivity index (χ2v) is 6.09. The van der Waals surface area contributed by atoms with Gasteiger partial charge in [-0.3, -0.25) is 4.79 Å². The van der Waals surface area contributed by atoms with Crippen LogP contribution in [0.4, 0.5) is 0 Å². The van der Waals surface area contributed by atoms with Crippen molar-refractivity contribution in [1.29, 1.82) is 0 Å². The number of nitrogens with one attached hydrogen (secondary N) is 1. The van der Waals surface area contributed by atoms with Crippen LogP contribution in [0.5, 0.6) is 0 Å². The van der Waals surface area contributed by atoms with Gasteiger partial charge in [0.25, 0.3) is 0 Å². The van der Waals surface area contributed by atoms with Crippen LogP contribution in [0.15, 0.2) is 17.5 Å². The monoisotopic (exact) mass is 267 g/mol. The molecule has 0 aromatic carbocycles. The maximum absolute atomic E-state index is 11.7. The summed E-state index contributed by atoms with van der Waals surface area (Å²) in [6, 6.07) is 4.09. The zero-order chi connectivity index (χ0) is 12.8. The van der Waals surface area contributed by atoms with Crippen LogP contribution in [-0.2, 0) is 11.2 Å². The molecule has 1 heterocycles. The van der Waals surface area contributed by atoms with Crippen LogP contribution in [0.2, 0.25) is 0 Å². The number of amides is 1. The van der Waals surface area contributed by atoms with Gasteiger partial charge in [-0.2, -0.15) is 0 Å². The molecule has 18 heavy (non-hydrogen) atoms. The van der Waals surface area contributed by atoms with Crippen molar-refractivity contribution in [1.82, 2.24) is 5.32 Å². The van der Waals surface area contributed by atoms with Crippen molar-refractivity contribution in [2.24, 2.45) is 5.92 Å². The third kappa shape index (κ3) is 4.42. The number of rotatable bonds is 5. The van der Waals surface area contributed by atoms with E-state index in [1.54, 1.807) is 11.3 Å². The highest BCUT2D eigenvalue weighted by molar-refractivity contribution is 7.09. The average Bonchev–Trinajstić information content (AvgIpc) is 2.89. The third-order valence-electron chi connectivity index (χ3n) is 3.58. The minimum atomic E-state index is -0.115. The van der Waals surface area contributed by atoms with Crippen molar-refractivity contribution >= 4 is 17.2 Å². The number of thiophene rings is 1. The highest BCUT2D eigenvalue weighted by Crippen LogP contribution is 2.23. The molecule has 2 rings (SSSR count). The fourth-order valence-electron chi connectivity index (χ4n) is 2.39. The van der Waals surface area contributed by atoms with Gasteiger partial charge in [0.15, 0.2) is 0 Å². The summed E-state index contributed by atoms with van der Waals surface area (Å²) in [4.78, 5) is 13.0. The van der Waals surface area contributed by atoms with E-state index in [-0.39, 0.29) is 12.0 Å². The first-order valence-corrected chi connectivity index (χ1v) is 7.59. The van der Waals surface area contributed by atoms with Gasteiger partial charge >= 0.3 is 0 Å². The van der Waals surface area contributed by atoms with Crippen LogP contribution < -0.4 is 5.32 Å². The Kier molecular flexibility index (Phi) is 5.20. The summed E-state index contributed by atoms with van der Waals surface area (Å²) in [6.07, 6.45) is 5.14. The lowest BCUT2D eigenvalue weighted by Crippen LogP contribution is -2.32. The summed E-state index contributed by atoms with van der Waals surface area (Å²) >= 11 is 1.70. The normalized spacial score (nSPS) is 23.8. The second kappa shape index (κ2) is 6.90. The lowest BCUT2D eigenvalue weighted by Gasteiger charge is -2.25. The van der Waals surface area contributed by atoms with Gasteiger partial charge in [0.1, 0.15) is 0 Å². The van der Waals surface area contributed by atoms with E-state index in [2.05, 4.69) is 11.4 Å². The summed E-state index contributed by atoms with van der Waals surface area (Å²) < 4.78 is 0. The zero-order valence-electron chi connectivity index (χ0n) is 10.6. The SMILES string of the molecule is O=C(CCc1cccs1)NCC1CCC(O)CC1. The van der Waals surface area contributed by atoms with Crippen molar-refractivity contribution in [3.8, 4) is 0 Å². The number of carbonyl (C=O) groups is 1. The first-order valence-electron chi connectivity index (χ1n) is 6.71. The number of carbonyl (C=O) groups excluding carboxylic acids is 1. The summed E-state index contributed by atoms with van der Waals surface area (Å²) in [5.41, 5.74) is 0. The molecule has 1 saturated carbocycles. The van der Waals surface area contributed by atoms with E-state index >= 15 is 0 Å². The van der Waals surface area contributed by atoms with Gasteiger partial charge in [-0.15, -0.1) is 11.3 Å². The minimum Gasteiger partial charge on any atom is -0.393 e. The molecule has 3 nitrogen and oxygen atoms in total. The van der Waals surface area contributed by atoms with Crippen LogP contribution in [0.1, 0.15) is 37.0 Å². The molecule has 1 amide bonds. The molecule has 0 aliphatic heterocycles. The largest absolute Gasteiger partial charge is 0.393 e. The maximum atomic E-state index is 11.7. The zero-order valence-corrected chi connectivity index (χ0v) is 11.4. The number of hydrogen-bond acceptors (Lipinski definition) is 3. The Morgan fingerprint density at radius 3 is 2.83 bits per heavy atom. The van der Waals surface area contributed by atoms with Crippen LogP contribution in [-0.4, -0.2) is 23.7 Å². The molecule has 2 N–H and O–H groups in total. The third-order valence-corrected chi connectivity index (χ3v) is 4.52. The smallest absolute Gasteiger partial charge is 0.220 e. The first kappa shape index (κ1) is 13.6. The van der Waals surface area contributed by atoms with E-state index in [0.29, 0.717) is 12.3 Å². The summed E-state index contributed by atoms with van der Waals surface area (Å²) in [6.45, 7) is 0.774. The van der Waals surface area contributed by atoms with E-state index in [9.17, 15) is 9.90 Å². The van der Waals surface area contributed by atoms with Gasteiger partial charge in [0.2, 0.25) is 5.91 Å². The Morgan fingerprint density at radius 1 is 1.39 bits per heavy atom. The van der Waals surface area contributed by atoms with Crippen LogP contribution in [0.3, 0.4) is 0 Å². The molecule has 1 aliphatic carbocycles. The molecule has 0 bridgehead atoms. The standard InChI is InChI=1S/C14H21NO2S/c16-12-5-3-11(4-6-12)10-15-14(17)8-7-13-2-1-9-18-13/h1-2,9,11-12,16H,3-8,10H2,(H,15,17). The molecule has 0 spiro atoms. The summed E-state index contributed by atoms with van der Waals surface area (Å²) in [5, 5.41) is 14.5. The summed E-state index contributed by atoms with van der Waals surface area (Å²) in [7, 11) is 0. The minimum absolute atomic E-state index is 0.115. The maximum Gasteiger partial charge on any atom is 0.220 e. The molecule has 4 heteroatoms. The van der Waals surface area contributed by atoms with Gasteiger partial charge in [-0.05, 0) is 49.5 Å². The molecule has 0 unspecified atom stereocenters. The lowest BCUT2D eigenvalue weighted by molar-refractivity contribution is -0.121. The Balaban J connectivity index is 1.60. The molecule has 1 aromatic rings. The molecule has 1 aromatic heterocycles. The second-order valence-electron chi connectivity index (χ2n) is 5.06. The predicted octanol–water partition coefficient (Wildman–Crippen LogP) is 2.35. The highest BCUT2D eigenvalue weighted by atomic mass is 32.1. The van der Waals surface area contributed by atoms with Crippen LogP contribution in [0.25, 0.3) is 0 Å². The Hall–Kier alpha value is -0.870. The Morgan fingerprint density at radius 2 is 2.17 bits per heavy atom. The topological polar surface area (TPSA) is 49.3 Å². The molecular formula is C14H21NO2S. The van der Waals surface area contributed by atoms with Crippen molar-refractivity contribution in [3.63, 3.8) is 0 Å². The van der Waals surface area contributed by atoms with E-state index < -0.39 is 0 Å². The molecule has 0 atom stereocenters. The predicted molar refractivity (Wildman–Crippen MR) is 73.6 cm³/mol. The van der Waals surface area contributed by atoms with Gasteiger partial charge in [0, 0.05) is 17.8 Å². The fraction of sp³-hybridized carbons (Fsp3) is 0.643. The molecule has 1 aliphatic rings. The van der Waals surface area contributed by atoms with Crippen molar-refractivity contribution in [3.05, 3.63) is 22.4 Å². The molecule has 0 saturated heterocycles.